The first-order valence-corrected chi connectivity index (χ1v) is 8.56. The second-order valence-corrected chi connectivity index (χ2v) is 7.18. The number of aliphatic hydroxyl groups is 1. The largest absolute Gasteiger partial charge is 0.416 e. The minimum absolute atomic E-state index is 0.261. The molecule has 162 valence electrons. The lowest BCUT2D eigenvalue weighted by molar-refractivity contribution is -0.139. The lowest BCUT2D eigenvalue weighted by Crippen LogP contribution is -2.36. The molecular weight excluding hydrogens is 416 g/mol. The van der Waals surface area contributed by atoms with E-state index in [1.54, 1.807) is 0 Å². The Balaban J connectivity index is 2.20. The Hall–Kier alpha value is -3.02. The number of alkyl halides is 6. The lowest BCUT2D eigenvalue weighted by atomic mass is 9.88. The molecule has 0 radical (unpaired) electrons. The Morgan fingerprint density at radius 1 is 1.03 bits per heavy atom. The van der Waals surface area contributed by atoms with Crippen LogP contribution in [-0.2, 0) is 12.4 Å². The summed E-state index contributed by atoms with van der Waals surface area (Å²) >= 11 is 0. The van der Waals surface area contributed by atoms with E-state index in [9.17, 15) is 31.4 Å². The molecule has 0 fully saturated rings. The van der Waals surface area contributed by atoms with Crippen LogP contribution in [0, 0.1) is 0 Å². The molecule has 30 heavy (non-hydrogen) atoms. The molecule has 1 atom stereocenters. The topological polar surface area (TPSA) is 88.5 Å². The Morgan fingerprint density at radius 3 is 2.23 bits per heavy atom. The van der Waals surface area contributed by atoms with Gasteiger partial charge in [0.25, 0.3) is 0 Å². The van der Waals surface area contributed by atoms with Gasteiger partial charge in [0.05, 0.1) is 22.8 Å². The number of fused-ring (bicyclic) bond motifs is 1. The van der Waals surface area contributed by atoms with Gasteiger partial charge in [-0.15, -0.1) is 5.10 Å². The van der Waals surface area contributed by atoms with E-state index in [0.717, 1.165) is 16.6 Å². The first-order chi connectivity index (χ1) is 13.7. The van der Waals surface area contributed by atoms with Crippen LogP contribution >= 0.6 is 0 Å². The van der Waals surface area contributed by atoms with Crippen LogP contribution in [0.4, 0.5) is 38.1 Å². The van der Waals surface area contributed by atoms with Crippen molar-refractivity contribution in [2.75, 3.05) is 11.1 Å². The van der Waals surface area contributed by atoms with Gasteiger partial charge in [0, 0.05) is 0 Å². The van der Waals surface area contributed by atoms with Crippen LogP contribution in [0.25, 0.3) is 5.65 Å². The zero-order valence-corrected chi connectivity index (χ0v) is 15.7. The van der Waals surface area contributed by atoms with Crippen molar-refractivity contribution < 1.29 is 31.4 Å². The molecule has 2 aromatic heterocycles. The monoisotopic (exact) mass is 433 g/mol. The van der Waals surface area contributed by atoms with Gasteiger partial charge in [0.1, 0.15) is 5.82 Å². The molecule has 0 saturated heterocycles. The Labute approximate surface area is 166 Å². The molecule has 0 aliphatic carbocycles. The van der Waals surface area contributed by atoms with Crippen molar-refractivity contribution >= 4 is 17.4 Å². The number of benzene rings is 1. The van der Waals surface area contributed by atoms with Crippen LogP contribution in [-0.4, -0.2) is 25.3 Å². The summed E-state index contributed by atoms with van der Waals surface area (Å²) in [4.78, 5) is 3.69. The molecule has 3 aromatic rings. The van der Waals surface area contributed by atoms with Crippen molar-refractivity contribution in [1.29, 1.82) is 0 Å². The number of nitrogens with zero attached hydrogens (tertiary/aromatic N) is 3. The smallest absolute Gasteiger partial charge is 0.388 e. The van der Waals surface area contributed by atoms with E-state index >= 15 is 0 Å². The van der Waals surface area contributed by atoms with Crippen LogP contribution in [0.15, 0.2) is 36.4 Å². The molecule has 2 heterocycles. The van der Waals surface area contributed by atoms with E-state index in [1.165, 1.54) is 26.0 Å². The minimum atomic E-state index is -4.76. The highest BCUT2D eigenvalue weighted by molar-refractivity contribution is 5.56. The third-order valence-corrected chi connectivity index (χ3v) is 4.36. The molecule has 0 aliphatic rings. The molecule has 0 bridgehead atoms. The SMILES string of the molecule is CC(C)(O)[C@@H](Nc1cc(C(F)(F)F)cc2nc(N)nn12)c1ccccc1C(F)(F)F. The van der Waals surface area contributed by atoms with Gasteiger partial charge < -0.3 is 16.2 Å². The van der Waals surface area contributed by atoms with Crippen LogP contribution < -0.4 is 11.1 Å². The third kappa shape index (κ3) is 4.27. The van der Waals surface area contributed by atoms with Gasteiger partial charge in [-0.1, -0.05) is 18.2 Å². The van der Waals surface area contributed by atoms with Crippen molar-refractivity contribution in [2.24, 2.45) is 0 Å². The highest BCUT2D eigenvalue weighted by atomic mass is 19.4. The van der Waals surface area contributed by atoms with Crippen molar-refractivity contribution in [3.05, 3.63) is 53.1 Å². The zero-order chi connectivity index (χ0) is 22.5. The van der Waals surface area contributed by atoms with Crippen LogP contribution in [0.2, 0.25) is 0 Å². The molecular formula is C18H17F6N5O. The Morgan fingerprint density at radius 2 is 1.67 bits per heavy atom. The second kappa shape index (κ2) is 7.04. The standard InChI is InChI=1S/C18H17F6N5O/c1-16(2,30)14(10-5-3-4-6-11(10)18(22,23)24)26-12-7-9(17(19,20)21)8-13-27-15(25)28-29(12)13/h3-8,14,26,30H,1-2H3,(H2,25,28)/t14-/m0/s1. The maximum Gasteiger partial charge on any atom is 0.416 e. The van der Waals surface area contributed by atoms with Gasteiger partial charge in [0.15, 0.2) is 5.65 Å². The van der Waals surface area contributed by atoms with E-state index in [4.69, 9.17) is 5.73 Å². The summed E-state index contributed by atoms with van der Waals surface area (Å²) in [5.41, 5.74) is 0.910. The average Bonchev–Trinajstić information content (AvgIpc) is 2.97. The number of aromatic nitrogens is 3. The molecule has 6 nitrogen and oxygen atoms in total. The van der Waals surface area contributed by atoms with E-state index in [-0.39, 0.29) is 23.0 Å². The number of nitrogen functional groups attached to an aromatic ring is 1. The fourth-order valence-corrected chi connectivity index (χ4v) is 3.06. The Kier molecular flexibility index (Phi) is 5.09. The van der Waals surface area contributed by atoms with Crippen molar-refractivity contribution in [3.8, 4) is 0 Å². The molecule has 12 heteroatoms. The number of nitrogens with one attached hydrogen (secondary N) is 1. The number of rotatable bonds is 4. The van der Waals surface area contributed by atoms with E-state index in [1.807, 2.05) is 0 Å². The minimum Gasteiger partial charge on any atom is -0.388 e. The summed E-state index contributed by atoms with van der Waals surface area (Å²) < 4.78 is 81.4. The van der Waals surface area contributed by atoms with Crippen molar-refractivity contribution in [1.82, 2.24) is 14.6 Å². The number of halogens is 6. The number of hydrogen-bond acceptors (Lipinski definition) is 5. The van der Waals surface area contributed by atoms with Crippen LogP contribution in [0.5, 0.6) is 0 Å². The highest BCUT2D eigenvalue weighted by Crippen LogP contribution is 2.40. The molecule has 3 rings (SSSR count). The number of anilines is 2. The molecule has 0 amide bonds. The normalized spacial score (nSPS) is 14.2. The molecule has 0 unspecified atom stereocenters. The predicted octanol–water partition coefficient (Wildman–Crippen LogP) is 4.27. The molecule has 4 N–H and O–H groups in total. The summed E-state index contributed by atoms with van der Waals surface area (Å²) in [6.45, 7) is 2.47. The fourth-order valence-electron chi connectivity index (χ4n) is 3.06. The zero-order valence-electron chi connectivity index (χ0n) is 15.7. The maximum absolute atomic E-state index is 13.5. The van der Waals surface area contributed by atoms with Gasteiger partial charge in [-0.3, -0.25) is 0 Å². The number of hydrogen-bond donors (Lipinski definition) is 3. The van der Waals surface area contributed by atoms with E-state index in [2.05, 4.69) is 15.4 Å². The predicted molar refractivity (Wildman–Crippen MR) is 96.5 cm³/mol. The molecule has 0 saturated carbocycles. The first kappa shape index (κ1) is 21.7. The summed E-state index contributed by atoms with van der Waals surface area (Å²) in [5.74, 6) is -0.666. The Bertz CT molecular complexity index is 1070. The first-order valence-electron chi connectivity index (χ1n) is 8.56. The molecule has 1 aromatic carbocycles. The third-order valence-electron chi connectivity index (χ3n) is 4.36. The second-order valence-electron chi connectivity index (χ2n) is 7.18. The highest BCUT2D eigenvalue weighted by Gasteiger charge is 2.40. The van der Waals surface area contributed by atoms with Gasteiger partial charge >= 0.3 is 12.4 Å². The summed E-state index contributed by atoms with van der Waals surface area (Å²) in [5, 5.41) is 16.9. The van der Waals surface area contributed by atoms with E-state index < -0.39 is 35.1 Å². The van der Waals surface area contributed by atoms with Gasteiger partial charge in [0.2, 0.25) is 5.95 Å². The van der Waals surface area contributed by atoms with Crippen molar-refractivity contribution in [2.45, 2.75) is 37.8 Å². The molecule has 0 spiro atoms. The summed E-state index contributed by atoms with van der Waals surface area (Å²) in [6, 6.07) is 4.39. The lowest BCUT2D eigenvalue weighted by Gasteiger charge is -2.33. The number of pyridine rings is 1. The van der Waals surface area contributed by atoms with Crippen LogP contribution in [0.3, 0.4) is 0 Å². The van der Waals surface area contributed by atoms with Gasteiger partial charge in [-0.2, -0.15) is 35.8 Å². The number of nitrogens with two attached hydrogens (primary N) is 1. The van der Waals surface area contributed by atoms with Gasteiger partial charge in [-0.25, -0.2) is 0 Å². The van der Waals surface area contributed by atoms with Crippen molar-refractivity contribution in [3.63, 3.8) is 0 Å². The quantitative estimate of drug-likeness (QED) is 0.535. The summed E-state index contributed by atoms with van der Waals surface area (Å²) in [7, 11) is 0. The van der Waals surface area contributed by atoms with Crippen LogP contribution in [0.1, 0.15) is 36.6 Å². The van der Waals surface area contributed by atoms with Gasteiger partial charge in [-0.05, 0) is 37.6 Å². The summed E-state index contributed by atoms with van der Waals surface area (Å²) in [6.07, 6.45) is -9.50. The maximum atomic E-state index is 13.5. The average molecular weight is 433 g/mol. The molecule has 0 aliphatic heterocycles. The van der Waals surface area contributed by atoms with E-state index in [0.29, 0.717) is 12.1 Å². The fraction of sp³-hybridized carbons (Fsp3) is 0.333.